The molecule has 1 aromatic heterocycles. The fraction of sp³-hybridized carbons (Fsp3) is 0.400. The molecule has 0 unspecified atom stereocenters. The zero-order valence-corrected chi connectivity index (χ0v) is 11.3. The van der Waals surface area contributed by atoms with Crippen LogP contribution in [0.3, 0.4) is 0 Å². The second kappa shape index (κ2) is 5.71. The molecule has 0 saturated heterocycles. The molecule has 0 aliphatic heterocycles. The maximum Gasteiger partial charge on any atom is 0.130 e. The first-order chi connectivity index (χ1) is 8.72. The van der Waals surface area contributed by atoms with E-state index in [4.69, 9.17) is 4.74 Å². The monoisotopic (exact) mass is 244 g/mol. The van der Waals surface area contributed by atoms with Gasteiger partial charge in [0.05, 0.1) is 18.2 Å². The first-order valence-electron chi connectivity index (χ1n) is 6.40. The maximum atomic E-state index is 5.89. The summed E-state index contributed by atoms with van der Waals surface area (Å²) in [7, 11) is 0. The van der Waals surface area contributed by atoms with Crippen LogP contribution in [0.2, 0.25) is 0 Å². The molecule has 0 aliphatic rings. The zero-order chi connectivity index (χ0) is 13.0. The molecule has 96 valence electrons. The van der Waals surface area contributed by atoms with Crippen LogP contribution in [-0.2, 0) is 13.2 Å². The molecule has 3 heteroatoms. The first kappa shape index (κ1) is 12.7. The van der Waals surface area contributed by atoms with Crippen molar-refractivity contribution in [3.05, 3.63) is 47.5 Å². The number of aromatic nitrogens is 2. The lowest BCUT2D eigenvalue weighted by Crippen LogP contribution is -2.05. The van der Waals surface area contributed by atoms with E-state index in [1.54, 1.807) is 0 Å². The Morgan fingerprint density at radius 3 is 2.89 bits per heavy atom. The molecular formula is C15H20N2O. The highest BCUT2D eigenvalue weighted by atomic mass is 16.5. The molecule has 3 nitrogen and oxygen atoms in total. The summed E-state index contributed by atoms with van der Waals surface area (Å²) in [5.74, 6) is 0.958. The summed E-state index contributed by atoms with van der Waals surface area (Å²) >= 11 is 0. The van der Waals surface area contributed by atoms with Gasteiger partial charge in [-0.1, -0.05) is 19.1 Å². The highest BCUT2D eigenvalue weighted by Gasteiger charge is 2.05. The van der Waals surface area contributed by atoms with Gasteiger partial charge in [-0.05, 0) is 37.5 Å². The van der Waals surface area contributed by atoms with E-state index in [1.165, 1.54) is 11.1 Å². The zero-order valence-electron chi connectivity index (χ0n) is 11.3. The summed E-state index contributed by atoms with van der Waals surface area (Å²) in [5.41, 5.74) is 3.59. The smallest absolute Gasteiger partial charge is 0.130 e. The fourth-order valence-electron chi connectivity index (χ4n) is 1.94. The van der Waals surface area contributed by atoms with Crippen LogP contribution in [0, 0.1) is 13.8 Å². The van der Waals surface area contributed by atoms with Gasteiger partial charge in [-0.3, -0.25) is 0 Å². The van der Waals surface area contributed by atoms with E-state index in [9.17, 15) is 0 Å². The van der Waals surface area contributed by atoms with Crippen LogP contribution < -0.4 is 4.74 Å². The summed E-state index contributed by atoms with van der Waals surface area (Å²) in [6, 6.07) is 6.15. The minimum absolute atomic E-state index is 0.574. The van der Waals surface area contributed by atoms with Gasteiger partial charge in [0.15, 0.2) is 0 Å². The van der Waals surface area contributed by atoms with Gasteiger partial charge in [-0.15, -0.1) is 0 Å². The van der Waals surface area contributed by atoms with Crippen LogP contribution in [0.15, 0.2) is 30.7 Å². The van der Waals surface area contributed by atoms with Crippen LogP contribution >= 0.6 is 0 Å². The number of benzene rings is 1. The van der Waals surface area contributed by atoms with Crippen LogP contribution in [0.1, 0.15) is 30.2 Å². The average Bonchev–Trinajstić information content (AvgIpc) is 2.79. The van der Waals surface area contributed by atoms with Crippen molar-refractivity contribution in [1.82, 2.24) is 9.55 Å². The van der Waals surface area contributed by atoms with E-state index in [0.717, 1.165) is 24.4 Å². The Morgan fingerprint density at radius 2 is 2.11 bits per heavy atom. The number of hydrogen-bond donors (Lipinski definition) is 0. The Balaban J connectivity index is 2.07. The van der Waals surface area contributed by atoms with E-state index in [1.807, 2.05) is 24.7 Å². The predicted molar refractivity (Wildman–Crippen MR) is 72.8 cm³/mol. The Kier molecular flexibility index (Phi) is 4.03. The molecule has 0 radical (unpaired) electrons. The molecule has 2 aromatic rings. The highest BCUT2D eigenvalue weighted by Crippen LogP contribution is 2.21. The molecule has 0 saturated carbocycles. The average molecular weight is 244 g/mol. The van der Waals surface area contributed by atoms with Crippen LogP contribution in [0.25, 0.3) is 0 Å². The Hall–Kier alpha value is -1.77. The summed E-state index contributed by atoms with van der Waals surface area (Å²) in [6.07, 6.45) is 4.85. The molecule has 0 N–H and O–H groups in total. The molecule has 0 bridgehead atoms. The molecule has 2 rings (SSSR count). The van der Waals surface area contributed by atoms with E-state index in [0.29, 0.717) is 6.61 Å². The topological polar surface area (TPSA) is 27.1 Å². The van der Waals surface area contributed by atoms with Gasteiger partial charge in [0.25, 0.3) is 0 Å². The molecule has 0 aliphatic carbocycles. The molecule has 0 spiro atoms. The lowest BCUT2D eigenvalue weighted by atomic mass is 10.1. The van der Waals surface area contributed by atoms with Crippen molar-refractivity contribution < 1.29 is 4.74 Å². The number of nitrogens with zero attached hydrogens (tertiary/aromatic N) is 2. The predicted octanol–water partition coefficient (Wildman–Crippen LogP) is 3.49. The Labute approximate surface area is 108 Å². The van der Waals surface area contributed by atoms with Crippen molar-refractivity contribution in [2.24, 2.45) is 0 Å². The largest absolute Gasteiger partial charge is 0.487 e. The molecule has 0 atom stereocenters. The Bertz CT molecular complexity index is 517. The molecule has 1 heterocycles. The molecule has 1 aromatic carbocycles. The van der Waals surface area contributed by atoms with Crippen LogP contribution in [0.5, 0.6) is 5.75 Å². The summed E-state index contributed by atoms with van der Waals surface area (Å²) in [6.45, 7) is 7.92. The third-order valence-electron chi connectivity index (χ3n) is 3.19. The van der Waals surface area contributed by atoms with Crippen molar-refractivity contribution in [2.75, 3.05) is 0 Å². The maximum absolute atomic E-state index is 5.89. The third kappa shape index (κ3) is 2.73. The number of imidazole rings is 1. The lowest BCUT2D eigenvalue weighted by Gasteiger charge is -2.12. The minimum atomic E-state index is 0.574. The summed E-state index contributed by atoms with van der Waals surface area (Å²) < 4.78 is 8.03. The first-order valence-corrected chi connectivity index (χ1v) is 6.40. The molecule has 0 fully saturated rings. The SMILES string of the molecule is CCCn1cncc1COc1cccc(C)c1C. The van der Waals surface area contributed by atoms with Crippen LogP contribution in [0.4, 0.5) is 0 Å². The van der Waals surface area contributed by atoms with Gasteiger partial charge >= 0.3 is 0 Å². The molecular weight excluding hydrogens is 224 g/mol. The van der Waals surface area contributed by atoms with Crippen LogP contribution in [-0.4, -0.2) is 9.55 Å². The number of rotatable bonds is 5. The van der Waals surface area contributed by atoms with Gasteiger partial charge in [-0.2, -0.15) is 0 Å². The van der Waals surface area contributed by atoms with E-state index in [-0.39, 0.29) is 0 Å². The normalized spacial score (nSPS) is 10.6. The highest BCUT2D eigenvalue weighted by molar-refractivity contribution is 5.38. The number of ether oxygens (including phenoxy) is 1. The van der Waals surface area contributed by atoms with Gasteiger partial charge in [0.2, 0.25) is 0 Å². The molecule has 18 heavy (non-hydrogen) atoms. The van der Waals surface area contributed by atoms with Gasteiger partial charge in [0, 0.05) is 6.54 Å². The van der Waals surface area contributed by atoms with Gasteiger partial charge in [0.1, 0.15) is 12.4 Å². The van der Waals surface area contributed by atoms with E-state index in [2.05, 4.69) is 36.4 Å². The summed E-state index contributed by atoms with van der Waals surface area (Å²) in [4.78, 5) is 4.18. The van der Waals surface area contributed by atoms with E-state index >= 15 is 0 Å². The van der Waals surface area contributed by atoms with E-state index < -0.39 is 0 Å². The standard InChI is InChI=1S/C15H20N2O/c1-4-8-17-11-16-9-14(17)10-18-15-7-5-6-12(2)13(15)3/h5-7,9,11H,4,8,10H2,1-3H3. The quantitative estimate of drug-likeness (QED) is 0.805. The van der Waals surface area contributed by atoms with Crippen molar-refractivity contribution in [1.29, 1.82) is 0 Å². The fourth-order valence-corrected chi connectivity index (χ4v) is 1.94. The van der Waals surface area contributed by atoms with Gasteiger partial charge < -0.3 is 9.30 Å². The Morgan fingerprint density at radius 1 is 1.28 bits per heavy atom. The second-order valence-electron chi connectivity index (χ2n) is 4.57. The summed E-state index contributed by atoms with van der Waals surface area (Å²) in [5, 5.41) is 0. The second-order valence-corrected chi connectivity index (χ2v) is 4.57. The molecule has 0 amide bonds. The van der Waals surface area contributed by atoms with Crippen molar-refractivity contribution in [3.8, 4) is 5.75 Å². The van der Waals surface area contributed by atoms with Gasteiger partial charge in [-0.25, -0.2) is 4.98 Å². The number of aryl methyl sites for hydroxylation is 2. The third-order valence-corrected chi connectivity index (χ3v) is 3.19. The number of hydrogen-bond acceptors (Lipinski definition) is 2. The van der Waals surface area contributed by atoms with Crippen molar-refractivity contribution >= 4 is 0 Å². The lowest BCUT2D eigenvalue weighted by molar-refractivity contribution is 0.292. The van der Waals surface area contributed by atoms with Crippen molar-refractivity contribution in [2.45, 2.75) is 40.3 Å². The minimum Gasteiger partial charge on any atom is -0.487 e. The van der Waals surface area contributed by atoms with Crippen molar-refractivity contribution in [3.63, 3.8) is 0 Å².